The molecular formula is C16H18N2O4. The van der Waals surface area contributed by atoms with Crippen molar-refractivity contribution in [2.24, 2.45) is 0 Å². The van der Waals surface area contributed by atoms with E-state index >= 15 is 0 Å². The van der Waals surface area contributed by atoms with Crippen LogP contribution in [0.15, 0.2) is 29.1 Å². The zero-order valence-corrected chi connectivity index (χ0v) is 12.7. The summed E-state index contributed by atoms with van der Waals surface area (Å²) in [7, 11) is 1.39. The third-order valence-corrected chi connectivity index (χ3v) is 3.83. The van der Waals surface area contributed by atoms with Gasteiger partial charge in [0.2, 0.25) is 0 Å². The van der Waals surface area contributed by atoms with Crippen molar-refractivity contribution < 1.29 is 14.4 Å². The number of carbonyl (C=O) groups excluding carboxylic acids is 1. The Bertz CT molecular complexity index is 776. The van der Waals surface area contributed by atoms with Crippen molar-refractivity contribution in [2.75, 3.05) is 33.4 Å². The number of aryl methyl sites for hydroxylation is 1. The van der Waals surface area contributed by atoms with E-state index in [-0.39, 0.29) is 17.2 Å². The van der Waals surface area contributed by atoms with Crippen LogP contribution < -0.4 is 10.4 Å². The van der Waals surface area contributed by atoms with Crippen molar-refractivity contribution in [3.63, 3.8) is 0 Å². The minimum Gasteiger partial charge on any atom is -0.413 e. The standard InChI is InChI=1S/C16H18N2O4/c1-11-3-4-12-10-14(16(20)17-5-7-22-8-6-17)18(21-2)15(19)13(12)9-11/h3-4,9-10H,5-8H2,1-2H3. The van der Waals surface area contributed by atoms with Crippen LogP contribution in [-0.4, -0.2) is 49.0 Å². The Labute approximate surface area is 127 Å². The molecule has 1 amide bonds. The van der Waals surface area contributed by atoms with Gasteiger partial charge in [0.1, 0.15) is 12.8 Å². The number of hydrogen-bond acceptors (Lipinski definition) is 4. The molecule has 0 atom stereocenters. The second kappa shape index (κ2) is 5.81. The lowest BCUT2D eigenvalue weighted by atomic mass is 10.1. The number of aromatic nitrogens is 1. The third-order valence-electron chi connectivity index (χ3n) is 3.83. The lowest BCUT2D eigenvalue weighted by molar-refractivity contribution is 0.0271. The zero-order chi connectivity index (χ0) is 15.7. The summed E-state index contributed by atoms with van der Waals surface area (Å²) in [5.41, 5.74) is 0.908. The summed E-state index contributed by atoms with van der Waals surface area (Å²) in [6.07, 6.45) is 0. The minimum atomic E-state index is -0.319. The SMILES string of the molecule is COn1c(C(=O)N2CCOCC2)cc2ccc(C)cc2c1=O. The Balaban J connectivity index is 2.14. The molecule has 0 saturated carbocycles. The lowest BCUT2D eigenvalue weighted by Gasteiger charge is -2.27. The molecule has 0 radical (unpaired) electrons. The smallest absolute Gasteiger partial charge is 0.291 e. The summed E-state index contributed by atoms with van der Waals surface area (Å²) >= 11 is 0. The maximum absolute atomic E-state index is 12.7. The van der Waals surface area contributed by atoms with Crippen molar-refractivity contribution in [3.05, 3.63) is 45.9 Å². The van der Waals surface area contributed by atoms with Gasteiger partial charge >= 0.3 is 0 Å². The lowest BCUT2D eigenvalue weighted by Crippen LogP contribution is -2.43. The molecule has 3 rings (SSSR count). The summed E-state index contributed by atoms with van der Waals surface area (Å²) in [5, 5.41) is 1.28. The Morgan fingerprint density at radius 2 is 1.95 bits per heavy atom. The van der Waals surface area contributed by atoms with E-state index < -0.39 is 0 Å². The average Bonchev–Trinajstić information content (AvgIpc) is 2.55. The number of rotatable bonds is 2. The maximum atomic E-state index is 12.7. The summed E-state index contributed by atoms with van der Waals surface area (Å²) in [4.78, 5) is 32.1. The molecule has 2 heterocycles. The highest BCUT2D eigenvalue weighted by Crippen LogP contribution is 2.15. The molecule has 1 aliphatic rings. The monoisotopic (exact) mass is 302 g/mol. The van der Waals surface area contributed by atoms with Crippen LogP contribution >= 0.6 is 0 Å². The Kier molecular flexibility index (Phi) is 3.85. The Morgan fingerprint density at radius 1 is 1.23 bits per heavy atom. The van der Waals surface area contributed by atoms with E-state index in [4.69, 9.17) is 9.57 Å². The normalized spacial score (nSPS) is 15.1. The van der Waals surface area contributed by atoms with Crippen LogP contribution in [0.2, 0.25) is 0 Å². The Morgan fingerprint density at radius 3 is 2.64 bits per heavy atom. The molecule has 116 valence electrons. The van der Waals surface area contributed by atoms with Gasteiger partial charge in [-0.25, -0.2) is 0 Å². The van der Waals surface area contributed by atoms with Gasteiger partial charge in [0.05, 0.1) is 18.6 Å². The number of morpholine rings is 1. The van der Waals surface area contributed by atoms with Crippen LogP contribution in [0.1, 0.15) is 16.1 Å². The number of benzene rings is 1. The van der Waals surface area contributed by atoms with Crippen LogP contribution in [0.25, 0.3) is 10.8 Å². The van der Waals surface area contributed by atoms with Gasteiger partial charge in [-0.05, 0) is 24.4 Å². The fourth-order valence-corrected chi connectivity index (χ4v) is 2.66. The first kappa shape index (κ1) is 14.6. The highest BCUT2D eigenvalue weighted by molar-refractivity contribution is 5.96. The van der Waals surface area contributed by atoms with Crippen LogP contribution in [0, 0.1) is 6.92 Å². The van der Waals surface area contributed by atoms with E-state index in [1.54, 1.807) is 17.0 Å². The highest BCUT2D eigenvalue weighted by Gasteiger charge is 2.23. The molecule has 0 N–H and O–H groups in total. The molecule has 1 fully saturated rings. The molecule has 1 saturated heterocycles. The zero-order valence-electron chi connectivity index (χ0n) is 12.7. The fraction of sp³-hybridized carbons (Fsp3) is 0.375. The summed E-state index contributed by atoms with van der Waals surface area (Å²) in [6, 6.07) is 7.28. The topological polar surface area (TPSA) is 60.8 Å². The molecular weight excluding hydrogens is 284 g/mol. The van der Waals surface area contributed by atoms with Crippen LogP contribution in [-0.2, 0) is 4.74 Å². The number of hydrogen-bond donors (Lipinski definition) is 0. The average molecular weight is 302 g/mol. The highest BCUT2D eigenvalue weighted by atomic mass is 16.7. The van der Waals surface area contributed by atoms with Gasteiger partial charge < -0.3 is 14.5 Å². The van der Waals surface area contributed by atoms with Crippen molar-refractivity contribution in [3.8, 4) is 0 Å². The maximum Gasteiger partial charge on any atom is 0.291 e. The summed E-state index contributed by atoms with van der Waals surface area (Å²) in [5.74, 6) is -0.218. The van der Waals surface area contributed by atoms with Gasteiger partial charge in [-0.1, -0.05) is 17.7 Å². The van der Waals surface area contributed by atoms with Crippen LogP contribution in [0.5, 0.6) is 0 Å². The van der Waals surface area contributed by atoms with Crippen LogP contribution in [0.4, 0.5) is 0 Å². The number of nitrogens with zero attached hydrogens (tertiary/aromatic N) is 2. The van der Waals surface area contributed by atoms with E-state index in [1.165, 1.54) is 7.11 Å². The molecule has 2 aromatic rings. The first-order valence-electron chi connectivity index (χ1n) is 7.20. The first-order valence-corrected chi connectivity index (χ1v) is 7.20. The summed E-state index contributed by atoms with van der Waals surface area (Å²) < 4.78 is 6.32. The molecule has 1 aliphatic heterocycles. The second-order valence-corrected chi connectivity index (χ2v) is 5.31. The predicted octanol–water partition coefficient (Wildman–Crippen LogP) is 0.841. The molecule has 6 heteroatoms. The fourth-order valence-electron chi connectivity index (χ4n) is 2.66. The molecule has 0 spiro atoms. The first-order chi connectivity index (χ1) is 10.6. The van der Waals surface area contributed by atoms with Crippen molar-refractivity contribution >= 4 is 16.7 Å². The van der Waals surface area contributed by atoms with Gasteiger partial charge in [0.25, 0.3) is 11.5 Å². The largest absolute Gasteiger partial charge is 0.413 e. The van der Waals surface area contributed by atoms with Gasteiger partial charge in [0.15, 0.2) is 0 Å². The minimum absolute atomic E-state index is 0.218. The van der Waals surface area contributed by atoms with Gasteiger partial charge in [-0.15, -0.1) is 4.73 Å². The van der Waals surface area contributed by atoms with Gasteiger partial charge in [-0.2, -0.15) is 0 Å². The van der Waals surface area contributed by atoms with E-state index in [2.05, 4.69) is 0 Å². The van der Waals surface area contributed by atoms with E-state index in [9.17, 15) is 9.59 Å². The predicted molar refractivity (Wildman–Crippen MR) is 82.2 cm³/mol. The number of fused-ring (bicyclic) bond motifs is 1. The molecule has 0 aliphatic carbocycles. The molecule has 22 heavy (non-hydrogen) atoms. The van der Waals surface area contributed by atoms with Gasteiger partial charge in [0, 0.05) is 13.1 Å². The van der Waals surface area contributed by atoms with Crippen LogP contribution in [0.3, 0.4) is 0 Å². The number of carbonyl (C=O) groups is 1. The number of ether oxygens (including phenoxy) is 1. The van der Waals surface area contributed by atoms with Crippen molar-refractivity contribution in [2.45, 2.75) is 6.92 Å². The van der Waals surface area contributed by atoms with E-state index in [0.29, 0.717) is 31.7 Å². The van der Waals surface area contributed by atoms with Crippen molar-refractivity contribution in [1.29, 1.82) is 0 Å². The van der Waals surface area contributed by atoms with E-state index in [1.807, 2.05) is 19.1 Å². The van der Waals surface area contributed by atoms with Crippen molar-refractivity contribution in [1.82, 2.24) is 9.63 Å². The quantitative estimate of drug-likeness (QED) is 0.825. The summed E-state index contributed by atoms with van der Waals surface area (Å²) in [6.45, 7) is 3.97. The van der Waals surface area contributed by atoms with E-state index in [0.717, 1.165) is 15.7 Å². The molecule has 0 unspecified atom stereocenters. The third kappa shape index (κ3) is 2.46. The Hall–Kier alpha value is -2.34. The molecule has 1 aromatic heterocycles. The van der Waals surface area contributed by atoms with Gasteiger partial charge in [-0.3, -0.25) is 9.59 Å². The number of amides is 1. The molecule has 1 aromatic carbocycles. The molecule has 6 nitrogen and oxygen atoms in total. The molecule has 0 bridgehead atoms. The number of pyridine rings is 1. The second-order valence-electron chi connectivity index (χ2n) is 5.31.